The maximum absolute atomic E-state index is 6.05. The summed E-state index contributed by atoms with van der Waals surface area (Å²) in [5.74, 6) is 2.12. The zero-order chi connectivity index (χ0) is 13.1. The van der Waals surface area contributed by atoms with Gasteiger partial charge in [0.2, 0.25) is 0 Å². The number of hydrogen-bond donors (Lipinski definition) is 1. The molecule has 2 heterocycles. The first kappa shape index (κ1) is 12.6. The molecule has 4 nitrogen and oxygen atoms in total. The molecule has 0 aliphatic heterocycles. The summed E-state index contributed by atoms with van der Waals surface area (Å²) >= 11 is 6.05. The van der Waals surface area contributed by atoms with Gasteiger partial charge in [0.1, 0.15) is 11.3 Å². The quantitative estimate of drug-likeness (QED) is 0.875. The summed E-state index contributed by atoms with van der Waals surface area (Å²) in [7, 11) is 0. The second-order valence-corrected chi connectivity index (χ2v) is 5.35. The summed E-state index contributed by atoms with van der Waals surface area (Å²) in [6.45, 7) is 0. The summed E-state index contributed by atoms with van der Waals surface area (Å²) in [6, 6.07) is 4.35. The van der Waals surface area contributed by atoms with Crippen LogP contribution in [-0.4, -0.2) is 26.9 Å². The van der Waals surface area contributed by atoms with Crippen molar-refractivity contribution in [1.29, 1.82) is 0 Å². The van der Waals surface area contributed by atoms with Crippen LogP contribution in [0.1, 0.15) is 25.7 Å². The molecule has 1 aliphatic rings. The normalized spacial score (nSPS) is 23.4. The first-order valence-corrected chi connectivity index (χ1v) is 7.30. The minimum Gasteiger partial charge on any atom is -0.367 e. The van der Waals surface area contributed by atoms with E-state index >= 15 is 0 Å². The van der Waals surface area contributed by atoms with Crippen LogP contribution >= 0.6 is 11.6 Å². The molecule has 2 aromatic heterocycles. The number of pyridine rings is 1. The fourth-order valence-electron chi connectivity index (χ4n) is 2.71. The number of anilines is 1. The molecule has 0 saturated heterocycles. The van der Waals surface area contributed by atoms with Gasteiger partial charge in [-0.1, -0.05) is 12.8 Å². The van der Waals surface area contributed by atoms with E-state index in [0.29, 0.717) is 23.5 Å². The second kappa shape index (κ2) is 5.70. The summed E-state index contributed by atoms with van der Waals surface area (Å²) in [4.78, 5) is 13.0. The van der Waals surface area contributed by atoms with Crippen molar-refractivity contribution in [2.75, 3.05) is 11.2 Å². The Morgan fingerprint density at radius 1 is 1.16 bits per heavy atom. The fraction of sp³-hybridized carbons (Fsp3) is 0.500. The van der Waals surface area contributed by atoms with Gasteiger partial charge in [0.25, 0.3) is 0 Å². The number of halogens is 1. The van der Waals surface area contributed by atoms with Crippen LogP contribution in [0.25, 0.3) is 11.2 Å². The van der Waals surface area contributed by atoms with Crippen LogP contribution in [0.3, 0.4) is 0 Å². The number of hydrogen-bond acceptors (Lipinski definition) is 4. The van der Waals surface area contributed by atoms with Gasteiger partial charge in [-0.25, -0.2) is 9.97 Å². The van der Waals surface area contributed by atoms with Crippen molar-refractivity contribution in [1.82, 2.24) is 15.0 Å². The Bertz CT molecular complexity index is 560. The predicted molar refractivity (Wildman–Crippen MR) is 77.4 cm³/mol. The van der Waals surface area contributed by atoms with Gasteiger partial charge in [0.05, 0.1) is 0 Å². The lowest BCUT2D eigenvalue weighted by molar-refractivity contribution is 0.352. The molecule has 1 fully saturated rings. The van der Waals surface area contributed by atoms with E-state index in [0.717, 1.165) is 17.8 Å². The molecule has 3 rings (SSSR count). The number of fused-ring (bicyclic) bond motifs is 1. The average molecular weight is 277 g/mol. The summed E-state index contributed by atoms with van der Waals surface area (Å²) in [6.07, 6.45) is 8.26. The van der Waals surface area contributed by atoms with Crippen LogP contribution in [-0.2, 0) is 0 Å². The number of aromatic nitrogens is 3. The van der Waals surface area contributed by atoms with Crippen molar-refractivity contribution in [2.24, 2.45) is 5.92 Å². The van der Waals surface area contributed by atoms with Crippen molar-refractivity contribution in [3.8, 4) is 0 Å². The molecule has 5 heteroatoms. The highest BCUT2D eigenvalue weighted by Gasteiger charge is 2.24. The van der Waals surface area contributed by atoms with Crippen molar-refractivity contribution in [3.05, 3.63) is 24.5 Å². The molecule has 1 N–H and O–H groups in total. The third-order valence-corrected chi connectivity index (χ3v) is 4.17. The molecule has 100 valence electrons. The maximum Gasteiger partial charge on any atom is 0.180 e. The molecule has 1 saturated carbocycles. The van der Waals surface area contributed by atoms with Crippen LogP contribution in [0, 0.1) is 5.92 Å². The molecule has 0 bridgehead atoms. The van der Waals surface area contributed by atoms with E-state index in [4.69, 9.17) is 11.6 Å². The molecular weight excluding hydrogens is 260 g/mol. The summed E-state index contributed by atoms with van der Waals surface area (Å²) in [5, 5.41) is 3.51. The monoisotopic (exact) mass is 276 g/mol. The smallest absolute Gasteiger partial charge is 0.180 e. The lowest BCUT2D eigenvalue weighted by Crippen LogP contribution is -2.33. The number of rotatable bonds is 3. The lowest BCUT2D eigenvalue weighted by atomic mass is 9.86. The largest absolute Gasteiger partial charge is 0.367 e. The van der Waals surface area contributed by atoms with Gasteiger partial charge in [-0.3, -0.25) is 4.98 Å². The van der Waals surface area contributed by atoms with Crippen molar-refractivity contribution in [2.45, 2.75) is 31.7 Å². The number of alkyl halides is 1. The van der Waals surface area contributed by atoms with Crippen LogP contribution in [0.15, 0.2) is 24.5 Å². The topological polar surface area (TPSA) is 50.7 Å². The second-order valence-electron chi connectivity index (χ2n) is 5.05. The third kappa shape index (κ3) is 2.78. The van der Waals surface area contributed by atoms with Crippen LogP contribution in [0.4, 0.5) is 5.82 Å². The van der Waals surface area contributed by atoms with Gasteiger partial charge in [-0.2, -0.15) is 0 Å². The third-order valence-electron chi connectivity index (χ3n) is 3.77. The minimum atomic E-state index is 0.424. The maximum atomic E-state index is 6.05. The van der Waals surface area contributed by atoms with Crippen LogP contribution in [0.5, 0.6) is 0 Å². The highest BCUT2D eigenvalue weighted by Crippen LogP contribution is 2.27. The van der Waals surface area contributed by atoms with Gasteiger partial charge in [0.15, 0.2) is 5.65 Å². The molecule has 0 radical (unpaired) electrons. The van der Waals surface area contributed by atoms with Crippen molar-refractivity contribution >= 4 is 28.6 Å². The van der Waals surface area contributed by atoms with E-state index in [-0.39, 0.29) is 0 Å². The van der Waals surface area contributed by atoms with E-state index in [9.17, 15) is 0 Å². The summed E-state index contributed by atoms with van der Waals surface area (Å²) < 4.78 is 0. The van der Waals surface area contributed by atoms with Gasteiger partial charge < -0.3 is 5.32 Å². The van der Waals surface area contributed by atoms with E-state index in [1.54, 1.807) is 12.4 Å². The molecule has 2 aromatic rings. The van der Waals surface area contributed by atoms with E-state index in [1.165, 1.54) is 19.3 Å². The Kier molecular flexibility index (Phi) is 3.78. The number of nitrogens with one attached hydrogen (secondary N) is 1. The van der Waals surface area contributed by atoms with Crippen molar-refractivity contribution < 1.29 is 0 Å². The fourth-order valence-corrected chi connectivity index (χ4v) is 3.08. The van der Waals surface area contributed by atoms with Crippen molar-refractivity contribution in [3.63, 3.8) is 0 Å². The Labute approximate surface area is 117 Å². The van der Waals surface area contributed by atoms with E-state index in [2.05, 4.69) is 20.3 Å². The zero-order valence-electron chi connectivity index (χ0n) is 10.7. The standard InChI is InChI=1S/C14H17ClN4/c15-9-10-3-1-2-4-11(10)18-13-6-5-12-14(19-13)17-8-7-16-12/h5-8,10-11H,1-4,9H2,(H,17,18,19). The Hall–Kier alpha value is -1.42. The molecule has 0 aromatic carbocycles. The van der Waals surface area contributed by atoms with Gasteiger partial charge in [0, 0.05) is 24.3 Å². The first-order valence-electron chi connectivity index (χ1n) is 6.77. The van der Waals surface area contributed by atoms with Crippen LogP contribution < -0.4 is 5.32 Å². The minimum absolute atomic E-state index is 0.424. The Morgan fingerprint density at radius 3 is 2.89 bits per heavy atom. The lowest BCUT2D eigenvalue weighted by Gasteiger charge is -2.31. The predicted octanol–water partition coefficient (Wildman–Crippen LogP) is 3.23. The highest BCUT2D eigenvalue weighted by molar-refractivity contribution is 6.18. The Morgan fingerprint density at radius 2 is 2.00 bits per heavy atom. The van der Waals surface area contributed by atoms with E-state index in [1.807, 2.05) is 12.1 Å². The van der Waals surface area contributed by atoms with Crippen LogP contribution in [0.2, 0.25) is 0 Å². The van der Waals surface area contributed by atoms with E-state index < -0.39 is 0 Å². The Balaban J connectivity index is 1.80. The molecule has 19 heavy (non-hydrogen) atoms. The average Bonchev–Trinajstić information content (AvgIpc) is 2.48. The molecule has 0 amide bonds. The molecule has 1 aliphatic carbocycles. The molecule has 0 spiro atoms. The number of nitrogens with zero attached hydrogens (tertiary/aromatic N) is 3. The zero-order valence-corrected chi connectivity index (χ0v) is 11.5. The van der Waals surface area contributed by atoms with Gasteiger partial charge in [-0.15, -0.1) is 11.6 Å². The van der Waals surface area contributed by atoms with Gasteiger partial charge >= 0.3 is 0 Å². The molecule has 2 unspecified atom stereocenters. The molecule has 2 atom stereocenters. The SMILES string of the molecule is ClCC1CCCCC1Nc1ccc2nccnc2n1. The summed E-state index contributed by atoms with van der Waals surface area (Å²) in [5.41, 5.74) is 1.51. The molecular formula is C14H17ClN4. The highest BCUT2D eigenvalue weighted by atomic mass is 35.5. The van der Waals surface area contributed by atoms with Gasteiger partial charge in [-0.05, 0) is 30.9 Å². The first-order chi connectivity index (χ1) is 9.36.